The number of aryl methyl sites for hydroxylation is 1. The van der Waals surface area contributed by atoms with Gasteiger partial charge < -0.3 is 4.90 Å². The lowest BCUT2D eigenvalue weighted by Crippen LogP contribution is -2.39. The van der Waals surface area contributed by atoms with E-state index in [2.05, 4.69) is 29.2 Å². The van der Waals surface area contributed by atoms with Gasteiger partial charge in [0.15, 0.2) is 0 Å². The van der Waals surface area contributed by atoms with Crippen molar-refractivity contribution in [2.75, 3.05) is 13.1 Å². The molecule has 0 spiro atoms. The quantitative estimate of drug-likeness (QED) is 0.756. The summed E-state index contributed by atoms with van der Waals surface area (Å²) >= 11 is 0. The lowest BCUT2D eigenvalue weighted by molar-refractivity contribution is -0.135. The fourth-order valence-electron chi connectivity index (χ4n) is 3.46. The van der Waals surface area contributed by atoms with Crippen molar-refractivity contribution >= 4 is 5.91 Å². The SMILES string of the molecule is O=C(C1CCc2ccccc2C1)N1CCCCCC1. The first-order valence-corrected chi connectivity index (χ1v) is 7.70. The third kappa shape index (κ3) is 2.83. The van der Waals surface area contributed by atoms with Crippen LogP contribution < -0.4 is 0 Å². The Hall–Kier alpha value is -1.31. The van der Waals surface area contributed by atoms with Crippen molar-refractivity contribution in [3.63, 3.8) is 0 Å². The summed E-state index contributed by atoms with van der Waals surface area (Å²) in [5, 5.41) is 0. The van der Waals surface area contributed by atoms with Gasteiger partial charge >= 0.3 is 0 Å². The highest BCUT2D eigenvalue weighted by atomic mass is 16.2. The number of hydrogen-bond acceptors (Lipinski definition) is 1. The summed E-state index contributed by atoms with van der Waals surface area (Å²) in [5.41, 5.74) is 2.84. The highest BCUT2D eigenvalue weighted by Crippen LogP contribution is 2.27. The molecule has 1 saturated heterocycles. The van der Waals surface area contributed by atoms with Crippen molar-refractivity contribution in [1.29, 1.82) is 0 Å². The predicted molar refractivity (Wildman–Crippen MR) is 77.0 cm³/mol. The van der Waals surface area contributed by atoms with E-state index in [0.29, 0.717) is 5.91 Å². The maximum Gasteiger partial charge on any atom is 0.226 e. The number of benzene rings is 1. The predicted octanol–water partition coefficient (Wildman–Crippen LogP) is 3.19. The minimum atomic E-state index is 0.230. The molecule has 1 aromatic rings. The molecular formula is C17H23NO. The Morgan fingerprint density at radius 2 is 1.68 bits per heavy atom. The summed E-state index contributed by atoms with van der Waals surface area (Å²) in [4.78, 5) is 14.8. The highest BCUT2D eigenvalue weighted by molar-refractivity contribution is 5.79. The van der Waals surface area contributed by atoms with Gasteiger partial charge in [-0.15, -0.1) is 0 Å². The monoisotopic (exact) mass is 257 g/mol. The lowest BCUT2D eigenvalue weighted by Gasteiger charge is -2.29. The van der Waals surface area contributed by atoms with Crippen LogP contribution in [0.5, 0.6) is 0 Å². The zero-order chi connectivity index (χ0) is 13.1. The van der Waals surface area contributed by atoms with Gasteiger partial charge in [0.05, 0.1) is 0 Å². The number of nitrogens with zero attached hydrogens (tertiary/aromatic N) is 1. The van der Waals surface area contributed by atoms with E-state index >= 15 is 0 Å². The van der Waals surface area contributed by atoms with Gasteiger partial charge in [0.2, 0.25) is 5.91 Å². The Morgan fingerprint density at radius 3 is 2.42 bits per heavy atom. The van der Waals surface area contributed by atoms with Crippen LogP contribution in [-0.2, 0) is 17.6 Å². The molecule has 1 aromatic carbocycles. The second kappa shape index (κ2) is 5.77. The molecule has 1 fully saturated rings. The number of rotatable bonds is 1. The van der Waals surface area contributed by atoms with Crippen LogP contribution in [0.2, 0.25) is 0 Å². The van der Waals surface area contributed by atoms with E-state index in [9.17, 15) is 4.79 Å². The van der Waals surface area contributed by atoms with Gasteiger partial charge in [0.1, 0.15) is 0 Å². The van der Waals surface area contributed by atoms with Crippen LogP contribution in [0.3, 0.4) is 0 Å². The summed E-state index contributed by atoms with van der Waals surface area (Å²) in [6, 6.07) is 8.60. The molecule has 1 aliphatic carbocycles. The van der Waals surface area contributed by atoms with E-state index in [4.69, 9.17) is 0 Å². The molecule has 0 radical (unpaired) electrons. The van der Waals surface area contributed by atoms with Crippen LogP contribution in [0.25, 0.3) is 0 Å². The summed E-state index contributed by atoms with van der Waals surface area (Å²) in [5.74, 6) is 0.643. The largest absolute Gasteiger partial charge is 0.342 e. The highest BCUT2D eigenvalue weighted by Gasteiger charge is 2.28. The number of carbonyl (C=O) groups is 1. The number of hydrogen-bond donors (Lipinski definition) is 0. The van der Waals surface area contributed by atoms with Gasteiger partial charge in [0.25, 0.3) is 0 Å². The van der Waals surface area contributed by atoms with Gasteiger partial charge in [-0.1, -0.05) is 37.1 Å². The molecule has 1 unspecified atom stereocenters. The third-order valence-electron chi connectivity index (χ3n) is 4.61. The van der Waals surface area contributed by atoms with E-state index in [1.807, 2.05) is 0 Å². The first kappa shape index (κ1) is 12.7. The van der Waals surface area contributed by atoms with E-state index in [1.165, 1.54) is 36.8 Å². The Bertz CT molecular complexity index is 446. The second-order valence-electron chi connectivity index (χ2n) is 5.95. The Labute approximate surface area is 115 Å². The number of carbonyl (C=O) groups excluding carboxylic acids is 1. The van der Waals surface area contributed by atoms with Gasteiger partial charge in [-0.05, 0) is 43.2 Å². The molecule has 1 amide bonds. The van der Waals surface area contributed by atoms with Crippen LogP contribution in [0.4, 0.5) is 0 Å². The lowest BCUT2D eigenvalue weighted by atomic mass is 9.83. The minimum absolute atomic E-state index is 0.230. The summed E-state index contributed by atoms with van der Waals surface area (Å²) in [6.45, 7) is 1.97. The molecule has 0 bridgehead atoms. The van der Waals surface area contributed by atoms with Crippen LogP contribution in [-0.4, -0.2) is 23.9 Å². The summed E-state index contributed by atoms with van der Waals surface area (Å²) in [7, 11) is 0. The van der Waals surface area contributed by atoms with Gasteiger partial charge in [-0.2, -0.15) is 0 Å². The molecule has 1 atom stereocenters. The van der Waals surface area contributed by atoms with Crippen LogP contribution >= 0.6 is 0 Å². The van der Waals surface area contributed by atoms with Gasteiger partial charge in [-0.3, -0.25) is 4.79 Å². The van der Waals surface area contributed by atoms with Crippen molar-refractivity contribution in [1.82, 2.24) is 4.90 Å². The topological polar surface area (TPSA) is 20.3 Å². The number of amides is 1. The second-order valence-corrected chi connectivity index (χ2v) is 5.95. The standard InChI is InChI=1S/C17H23NO/c19-17(18-11-5-1-2-6-12-18)16-10-9-14-7-3-4-8-15(14)13-16/h3-4,7-8,16H,1-2,5-6,9-13H2. The van der Waals surface area contributed by atoms with Crippen molar-refractivity contribution in [2.45, 2.75) is 44.9 Å². The van der Waals surface area contributed by atoms with E-state index in [0.717, 1.165) is 32.4 Å². The third-order valence-corrected chi connectivity index (χ3v) is 4.61. The molecule has 2 aliphatic rings. The summed E-state index contributed by atoms with van der Waals surface area (Å²) in [6.07, 6.45) is 8.01. The number of fused-ring (bicyclic) bond motifs is 1. The molecule has 0 aromatic heterocycles. The molecule has 2 nitrogen and oxygen atoms in total. The number of likely N-dealkylation sites (tertiary alicyclic amines) is 1. The van der Waals surface area contributed by atoms with Crippen LogP contribution in [0.1, 0.15) is 43.2 Å². The molecule has 1 aliphatic heterocycles. The van der Waals surface area contributed by atoms with Crippen molar-refractivity contribution < 1.29 is 4.79 Å². The minimum Gasteiger partial charge on any atom is -0.342 e. The Kier molecular flexibility index (Phi) is 3.86. The Balaban J connectivity index is 1.68. The average Bonchev–Trinajstić information content (AvgIpc) is 2.75. The van der Waals surface area contributed by atoms with Crippen LogP contribution in [0, 0.1) is 5.92 Å². The fraction of sp³-hybridized carbons (Fsp3) is 0.588. The van der Waals surface area contributed by atoms with E-state index < -0.39 is 0 Å². The molecule has 0 N–H and O–H groups in total. The van der Waals surface area contributed by atoms with Gasteiger partial charge in [0, 0.05) is 19.0 Å². The zero-order valence-corrected chi connectivity index (χ0v) is 11.6. The summed E-state index contributed by atoms with van der Waals surface area (Å²) < 4.78 is 0. The molecule has 1 heterocycles. The maximum absolute atomic E-state index is 12.6. The van der Waals surface area contributed by atoms with E-state index in [1.54, 1.807) is 0 Å². The van der Waals surface area contributed by atoms with Gasteiger partial charge in [-0.25, -0.2) is 0 Å². The molecule has 19 heavy (non-hydrogen) atoms. The Morgan fingerprint density at radius 1 is 1.00 bits per heavy atom. The smallest absolute Gasteiger partial charge is 0.226 e. The molecule has 0 saturated carbocycles. The van der Waals surface area contributed by atoms with Crippen molar-refractivity contribution in [3.8, 4) is 0 Å². The zero-order valence-electron chi connectivity index (χ0n) is 11.6. The molecule has 3 rings (SSSR count). The first-order valence-electron chi connectivity index (χ1n) is 7.70. The first-order chi connectivity index (χ1) is 9.34. The molecule has 102 valence electrons. The normalized spacial score (nSPS) is 23.6. The average molecular weight is 257 g/mol. The molecule has 2 heteroatoms. The molecular weight excluding hydrogens is 234 g/mol. The fourth-order valence-corrected chi connectivity index (χ4v) is 3.46. The van der Waals surface area contributed by atoms with E-state index in [-0.39, 0.29) is 5.92 Å². The van der Waals surface area contributed by atoms with Crippen molar-refractivity contribution in [2.24, 2.45) is 5.92 Å². The maximum atomic E-state index is 12.6. The van der Waals surface area contributed by atoms with Crippen molar-refractivity contribution in [3.05, 3.63) is 35.4 Å². The van der Waals surface area contributed by atoms with Crippen LogP contribution in [0.15, 0.2) is 24.3 Å².